The molecule has 0 fully saturated rings. The van der Waals surface area contributed by atoms with E-state index in [1.165, 1.54) is 25.1 Å². The van der Waals surface area contributed by atoms with E-state index in [0.29, 0.717) is 5.02 Å². The van der Waals surface area contributed by atoms with E-state index in [-0.39, 0.29) is 16.3 Å². The van der Waals surface area contributed by atoms with Crippen LogP contribution in [0.1, 0.15) is 17.3 Å². The SMILES string of the molecule is CC1=NC(=O)C([N+](=O)[O-])C(OC(=O)c2ccc(Cl)cc2Cl)=C1. The summed E-state index contributed by atoms with van der Waals surface area (Å²) in [6.45, 7) is 1.46. The first-order valence-corrected chi connectivity index (χ1v) is 6.66. The lowest BCUT2D eigenvalue weighted by Gasteiger charge is -2.15. The molecule has 0 bridgehead atoms. The summed E-state index contributed by atoms with van der Waals surface area (Å²) in [7, 11) is 0. The van der Waals surface area contributed by atoms with Gasteiger partial charge in [0, 0.05) is 21.7 Å². The molecule has 1 aliphatic rings. The van der Waals surface area contributed by atoms with Crippen molar-refractivity contribution < 1.29 is 19.2 Å². The summed E-state index contributed by atoms with van der Waals surface area (Å²) < 4.78 is 4.96. The van der Waals surface area contributed by atoms with Crippen molar-refractivity contribution in [2.45, 2.75) is 13.0 Å². The molecule has 1 aliphatic heterocycles. The number of halogens is 2. The highest BCUT2D eigenvalue weighted by Crippen LogP contribution is 2.24. The van der Waals surface area contributed by atoms with Gasteiger partial charge in [-0.25, -0.2) is 9.79 Å². The van der Waals surface area contributed by atoms with E-state index in [0.717, 1.165) is 6.08 Å². The van der Waals surface area contributed by atoms with E-state index < -0.39 is 28.6 Å². The van der Waals surface area contributed by atoms with Crippen molar-refractivity contribution in [3.8, 4) is 0 Å². The molecule has 9 heteroatoms. The maximum absolute atomic E-state index is 12.1. The molecule has 7 nitrogen and oxygen atoms in total. The number of dihydropyridines is 1. The van der Waals surface area contributed by atoms with Crippen LogP contribution in [0.25, 0.3) is 0 Å². The number of nitrogens with zero attached hydrogens (tertiary/aromatic N) is 2. The number of aliphatic imine (C=N–C) groups is 1. The molecule has 0 saturated heterocycles. The van der Waals surface area contributed by atoms with Gasteiger partial charge in [0.1, 0.15) is 0 Å². The normalized spacial score (nSPS) is 17.6. The lowest BCUT2D eigenvalue weighted by atomic mass is 10.1. The van der Waals surface area contributed by atoms with Crippen molar-refractivity contribution in [2.24, 2.45) is 4.99 Å². The number of allylic oxidation sites excluding steroid dienone is 1. The summed E-state index contributed by atoms with van der Waals surface area (Å²) in [5, 5.41) is 11.3. The average molecular weight is 343 g/mol. The Morgan fingerprint density at radius 1 is 1.41 bits per heavy atom. The summed E-state index contributed by atoms with van der Waals surface area (Å²) in [6.07, 6.45) is 1.16. The molecule has 1 aromatic carbocycles. The van der Waals surface area contributed by atoms with Gasteiger partial charge < -0.3 is 4.74 Å². The second kappa shape index (κ2) is 6.25. The molecule has 0 radical (unpaired) electrons. The fraction of sp³-hybridized carbons (Fsp3) is 0.154. The molecule has 114 valence electrons. The van der Waals surface area contributed by atoms with Gasteiger partial charge in [-0.05, 0) is 25.1 Å². The van der Waals surface area contributed by atoms with Gasteiger partial charge in [-0.2, -0.15) is 0 Å². The van der Waals surface area contributed by atoms with E-state index >= 15 is 0 Å². The zero-order valence-electron chi connectivity index (χ0n) is 11.1. The number of carbonyl (C=O) groups is 2. The maximum atomic E-state index is 12.1. The van der Waals surface area contributed by atoms with E-state index in [1.54, 1.807) is 0 Å². The zero-order chi connectivity index (χ0) is 16.4. The van der Waals surface area contributed by atoms with Gasteiger partial charge in [0.25, 0.3) is 0 Å². The summed E-state index contributed by atoms with van der Waals surface area (Å²) in [5.41, 5.74) is 0.176. The van der Waals surface area contributed by atoms with Gasteiger partial charge in [0.2, 0.25) is 0 Å². The molecule has 0 aromatic heterocycles. The van der Waals surface area contributed by atoms with Crippen LogP contribution in [0.4, 0.5) is 0 Å². The number of amides is 1. The second-order valence-electron chi connectivity index (χ2n) is 4.34. The summed E-state index contributed by atoms with van der Waals surface area (Å²) in [5.74, 6) is -2.34. The van der Waals surface area contributed by atoms with Crippen molar-refractivity contribution in [1.82, 2.24) is 0 Å². The van der Waals surface area contributed by atoms with E-state index in [1.807, 2.05) is 0 Å². The van der Waals surface area contributed by atoms with Crippen LogP contribution in [0.2, 0.25) is 10.0 Å². The van der Waals surface area contributed by atoms with Crippen molar-refractivity contribution in [1.29, 1.82) is 0 Å². The van der Waals surface area contributed by atoms with Crippen LogP contribution in [-0.2, 0) is 9.53 Å². The molecule has 2 rings (SSSR count). The third-order valence-corrected chi connectivity index (χ3v) is 3.26. The Morgan fingerprint density at radius 2 is 2.09 bits per heavy atom. The standard InChI is InChI=1S/C13H8Cl2N2O5/c1-6-4-10(11(17(20)21)12(18)16-6)22-13(19)8-3-2-7(14)5-9(8)15/h2-5,11H,1H3. The first-order valence-electron chi connectivity index (χ1n) is 5.91. The van der Waals surface area contributed by atoms with E-state index in [4.69, 9.17) is 27.9 Å². The minimum atomic E-state index is -1.85. The van der Waals surface area contributed by atoms with Crippen LogP contribution in [-0.4, -0.2) is 28.6 Å². The Labute approximate surface area is 134 Å². The number of esters is 1. The van der Waals surface area contributed by atoms with Crippen molar-refractivity contribution in [3.63, 3.8) is 0 Å². The Kier molecular flexibility index (Phi) is 4.58. The van der Waals surface area contributed by atoms with Gasteiger partial charge in [0.05, 0.1) is 10.6 Å². The molecule has 0 spiro atoms. The lowest BCUT2D eigenvalue weighted by molar-refractivity contribution is -0.501. The van der Waals surface area contributed by atoms with Gasteiger partial charge in [-0.15, -0.1) is 0 Å². The number of nitro groups is 1. The summed E-state index contributed by atoms with van der Waals surface area (Å²) >= 11 is 11.6. The maximum Gasteiger partial charge on any atom is 0.348 e. The highest BCUT2D eigenvalue weighted by Gasteiger charge is 2.39. The Balaban J connectivity index is 2.31. The molecule has 1 amide bonds. The fourth-order valence-electron chi connectivity index (χ4n) is 1.77. The van der Waals surface area contributed by atoms with E-state index in [2.05, 4.69) is 4.99 Å². The number of carbonyl (C=O) groups excluding carboxylic acids is 2. The van der Waals surface area contributed by atoms with Crippen molar-refractivity contribution in [3.05, 3.63) is 55.8 Å². The second-order valence-corrected chi connectivity index (χ2v) is 5.18. The number of hydrogen-bond donors (Lipinski definition) is 0. The van der Waals surface area contributed by atoms with Crippen LogP contribution in [0, 0.1) is 10.1 Å². The van der Waals surface area contributed by atoms with Crippen molar-refractivity contribution >= 4 is 40.8 Å². The molecule has 0 saturated carbocycles. The molecule has 1 unspecified atom stereocenters. The van der Waals surface area contributed by atoms with Crippen LogP contribution < -0.4 is 0 Å². The van der Waals surface area contributed by atoms with E-state index in [9.17, 15) is 19.7 Å². The summed E-state index contributed by atoms with van der Waals surface area (Å²) in [4.78, 5) is 37.2. The molecule has 1 aromatic rings. The third-order valence-electron chi connectivity index (χ3n) is 2.71. The number of ether oxygens (including phenoxy) is 1. The van der Waals surface area contributed by atoms with Gasteiger partial charge in [-0.3, -0.25) is 14.9 Å². The summed E-state index contributed by atoms with van der Waals surface area (Å²) in [6, 6.07) is 2.22. The fourth-order valence-corrected chi connectivity index (χ4v) is 2.26. The monoisotopic (exact) mass is 342 g/mol. The predicted molar refractivity (Wildman–Crippen MR) is 78.9 cm³/mol. The first-order chi connectivity index (χ1) is 10.3. The molecule has 0 N–H and O–H groups in total. The highest BCUT2D eigenvalue weighted by molar-refractivity contribution is 6.36. The first kappa shape index (κ1) is 16.1. The van der Waals surface area contributed by atoms with Gasteiger partial charge in [-0.1, -0.05) is 23.2 Å². The lowest BCUT2D eigenvalue weighted by Crippen LogP contribution is -2.35. The Bertz CT molecular complexity index is 742. The van der Waals surface area contributed by atoms with Crippen LogP contribution >= 0.6 is 23.2 Å². The van der Waals surface area contributed by atoms with Crippen LogP contribution in [0.5, 0.6) is 0 Å². The molecular formula is C13H8Cl2N2O5. The molecular weight excluding hydrogens is 335 g/mol. The zero-order valence-corrected chi connectivity index (χ0v) is 12.6. The van der Waals surface area contributed by atoms with Crippen molar-refractivity contribution in [2.75, 3.05) is 0 Å². The molecule has 1 atom stereocenters. The minimum absolute atomic E-state index is 0.0262. The quantitative estimate of drug-likeness (QED) is 0.477. The van der Waals surface area contributed by atoms with Crippen LogP contribution in [0.3, 0.4) is 0 Å². The highest BCUT2D eigenvalue weighted by atomic mass is 35.5. The average Bonchev–Trinajstić information content (AvgIpc) is 2.36. The largest absolute Gasteiger partial charge is 0.419 e. The number of rotatable bonds is 3. The molecule has 1 heterocycles. The number of benzene rings is 1. The van der Waals surface area contributed by atoms with Gasteiger partial charge >= 0.3 is 17.9 Å². The molecule has 22 heavy (non-hydrogen) atoms. The minimum Gasteiger partial charge on any atom is -0.419 e. The van der Waals surface area contributed by atoms with Gasteiger partial charge in [0.15, 0.2) is 5.76 Å². The Morgan fingerprint density at radius 3 is 2.68 bits per heavy atom. The third kappa shape index (κ3) is 3.32. The topological polar surface area (TPSA) is 98.9 Å². The van der Waals surface area contributed by atoms with Crippen LogP contribution in [0.15, 0.2) is 35.0 Å². The Hall–Kier alpha value is -2.25. The molecule has 0 aliphatic carbocycles. The predicted octanol–water partition coefficient (Wildman–Crippen LogP) is 2.68. The number of hydrogen-bond acceptors (Lipinski definition) is 5. The smallest absolute Gasteiger partial charge is 0.348 e.